The lowest BCUT2D eigenvalue weighted by atomic mass is 10.2. The molecule has 122 valence electrons. The molecule has 1 saturated heterocycles. The maximum absolute atomic E-state index is 12.1. The van der Waals surface area contributed by atoms with E-state index in [2.05, 4.69) is 20.9 Å². The number of benzene rings is 1. The molecule has 0 saturated carbocycles. The molecule has 1 aliphatic rings. The lowest BCUT2D eigenvalue weighted by molar-refractivity contribution is 0.222. The van der Waals surface area contributed by atoms with E-state index in [4.69, 9.17) is 0 Å². The fourth-order valence-corrected chi connectivity index (χ4v) is 2.35. The molecule has 1 aromatic carbocycles. The van der Waals surface area contributed by atoms with E-state index in [1.807, 2.05) is 36.2 Å². The van der Waals surface area contributed by atoms with Crippen molar-refractivity contribution in [2.24, 2.45) is 4.99 Å². The van der Waals surface area contributed by atoms with Gasteiger partial charge in [0.2, 0.25) is 0 Å². The minimum absolute atomic E-state index is 0. The topological polar surface area (TPSA) is 68.8 Å². The Hall–Kier alpha value is -1.51. The number of aliphatic imine (C=N–C) groups is 1. The Labute approximate surface area is 148 Å². The van der Waals surface area contributed by atoms with Crippen molar-refractivity contribution in [3.63, 3.8) is 0 Å². The molecule has 6 nitrogen and oxygen atoms in total. The van der Waals surface area contributed by atoms with E-state index in [-0.39, 0.29) is 30.0 Å². The highest BCUT2D eigenvalue weighted by Crippen LogP contribution is 2.14. The highest BCUT2D eigenvalue weighted by atomic mass is 127. The van der Waals surface area contributed by atoms with Gasteiger partial charge in [0.05, 0.1) is 0 Å². The Morgan fingerprint density at radius 1 is 1.32 bits per heavy atom. The number of hydrogen-bond acceptors (Lipinski definition) is 2. The van der Waals surface area contributed by atoms with Crippen molar-refractivity contribution in [2.75, 3.05) is 32.5 Å². The van der Waals surface area contributed by atoms with Gasteiger partial charge in [0, 0.05) is 39.4 Å². The molecule has 0 spiro atoms. The van der Waals surface area contributed by atoms with E-state index < -0.39 is 0 Å². The van der Waals surface area contributed by atoms with E-state index >= 15 is 0 Å². The van der Waals surface area contributed by atoms with Crippen LogP contribution in [0.4, 0.5) is 10.5 Å². The molecule has 0 unspecified atom stereocenters. The fourth-order valence-electron chi connectivity index (χ4n) is 2.35. The van der Waals surface area contributed by atoms with Crippen molar-refractivity contribution < 1.29 is 4.79 Å². The summed E-state index contributed by atoms with van der Waals surface area (Å²) in [5.74, 6) is 0.738. The first kappa shape index (κ1) is 18.5. The third-order valence-corrected chi connectivity index (χ3v) is 3.49. The van der Waals surface area contributed by atoms with Gasteiger partial charge in [-0.2, -0.15) is 0 Å². The maximum Gasteiger partial charge on any atom is 0.321 e. The predicted molar refractivity (Wildman–Crippen MR) is 101 cm³/mol. The smallest absolute Gasteiger partial charge is 0.321 e. The van der Waals surface area contributed by atoms with Gasteiger partial charge in [-0.15, -0.1) is 24.0 Å². The molecule has 1 heterocycles. The van der Waals surface area contributed by atoms with Crippen LogP contribution in [0, 0.1) is 0 Å². The third-order valence-electron chi connectivity index (χ3n) is 3.49. The van der Waals surface area contributed by atoms with Crippen LogP contribution in [0.15, 0.2) is 29.3 Å². The highest BCUT2D eigenvalue weighted by Gasteiger charge is 2.17. The molecule has 0 aliphatic carbocycles. The number of hydrogen-bond donors (Lipinski definition) is 3. The Morgan fingerprint density at radius 2 is 2.05 bits per heavy atom. The van der Waals surface area contributed by atoms with E-state index in [1.165, 1.54) is 0 Å². The summed E-state index contributed by atoms with van der Waals surface area (Å²) in [4.78, 5) is 18.0. The summed E-state index contributed by atoms with van der Waals surface area (Å²) in [6, 6.07) is 7.83. The van der Waals surface area contributed by atoms with Crippen molar-refractivity contribution in [2.45, 2.75) is 19.4 Å². The Kier molecular flexibility index (Phi) is 8.00. The number of rotatable bonds is 3. The molecular weight excluding hydrogens is 393 g/mol. The van der Waals surface area contributed by atoms with Crippen LogP contribution in [-0.4, -0.2) is 44.1 Å². The van der Waals surface area contributed by atoms with Crippen molar-refractivity contribution in [1.82, 2.24) is 15.5 Å². The average Bonchev–Trinajstić information content (AvgIpc) is 3.03. The fraction of sp³-hybridized carbons (Fsp3) is 0.467. The Balaban J connectivity index is 0.00000242. The van der Waals surface area contributed by atoms with Gasteiger partial charge < -0.3 is 20.9 Å². The van der Waals surface area contributed by atoms with Gasteiger partial charge >= 0.3 is 6.03 Å². The maximum atomic E-state index is 12.1. The molecule has 0 atom stereocenters. The van der Waals surface area contributed by atoms with Gasteiger partial charge in [-0.1, -0.05) is 12.1 Å². The van der Waals surface area contributed by atoms with Gasteiger partial charge in [-0.3, -0.25) is 4.99 Å². The van der Waals surface area contributed by atoms with E-state index in [9.17, 15) is 4.79 Å². The van der Waals surface area contributed by atoms with Crippen LogP contribution >= 0.6 is 24.0 Å². The molecule has 1 aromatic rings. The van der Waals surface area contributed by atoms with Crippen LogP contribution in [-0.2, 0) is 6.54 Å². The number of carbonyl (C=O) groups excluding carboxylic acids is 1. The third kappa shape index (κ3) is 5.36. The van der Waals surface area contributed by atoms with E-state index in [0.717, 1.165) is 43.1 Å². The number of amides is 2. The van der Waals surface area contributed by atoms with Gasteiger partial charge in [-0.05, 0) is 30.5 Å². The summed E-state index contributed by atoms with van der Waals surface area (Å²) in [6.45, 7) is 2.36. The number of likely N-dealkylation sites (tertiary alicyclic amines) is 1. The molecule has 7 heteroatoms. The zero-order chi connectivity index (χ0) is 15.1. The largest absolute Gasteiger partial charge is 0.359 e. The molecular formula is C15H24IN5O. The molecule has 1 aliphatic heterocycles. The molecule has 22 heavy (non-hydrogen) atoms. The van der Waals surface area contributed by atoms with Crippen LogP contribution in [0.5, 0.6) is 0 Å². The van der Waals surface area contributed by atoms with Crippen molar-refractivity contribution in [3.05, 3.63) is 29.8 Å². The summed E-state index contributed by atoms with van der Waals surface area (Å²) in [6.07, 6.45) is 2.20. The van der Waals surface area contributed by atoms with Crippen LogP contribution in [0.1, 0.15) is 18.4 Å². The van der Waals surface area contributed by atoms with Gasteiger partial charge in [-0.25, -0.2) is 4.79 Å². The van der Waals surface area contributed by atoms with Gasteiger partial charge in [0.15, 0.2) is 5.96 Å². The summed E-state index contributed by atoms with van der Waals surface area (Å²) < 4.78 is 0. The van der Waals surface area contributed by atoms with Crippen LogP contribution < -0.4 is 16.0 Å². The van der Waals surface area contributed by atoms with Crippen molar-refractivity contribution in [1.29, 1.82) is 0 Å². The predicted octanol–water partition coefficient (Wildman–Crippen LogP) is 2.23. The lowest BCUT2D eigenvalue weighted by Gasteiger charge is -2.16. The molecule has 0 aromatic heterocycles. The lowest BCUT2D eigenvalue weighted by Crippen LogP contribution is -2.34. The molecule has 2 rings (SSSR count). The number of nitrogens with one attached hydrogen (secondary N) is 3. The van der Waals surface area contributed by atoms with Crippen molar-refractivity contribution in [3.8, 4) is 0 Å². The first-order valence-corrected chi connectivity index (χ1v) is 7.26. The van der Waals surface area contributed by atoms with Crippen molar-refractivity contribution >= 4 is 41.7 Å². The van der Waals surface area contributed by atoms with Gasteiger partial charge in [0.25, 0.3) is 0 Å². The number of guanidine groups is 1. The van der Waals surface area contributed by atoms with Gasteiger partial charge in [0.1, 0.15) is 0 Å². The van der Waals surface area contributed by atoms with Crippen LogP contribution in [0.3, 0.4) is 0 Å². The SMILES string of the molecule is CN=C(NC)NCc1cccc(NC(=O)N2CCCC2)c1.I. The molecule has 0 radical (unpaired) electrons. The van der Waals surface area contributed by atoms with Crippen LogP contribution in [0.25, 0.3) is 0 Å². The number of urea groups is 1. The number of anilines is 1. The second-order valence-corrected chi connectivity index (χ2v) is 5.00. The number of nitrogens with zero attached hydrogens (tertiary/aromatic N) is 2. The summed E-state index contributed by atoms with van der Waals surface area (Å²) in [5.41, 5.74) is 1.91. The standard InChI is InChI=1S/C15H23N5O.HI/c1-16-14(17-2)18-11-12-6-5-7-13(10-12)19-15(21)20-8-3-4-9-20;/h5-7,10H,3-4,8-9,11H2,1-2H3,(H,19,21)(H2,16,17,18);1H. The average molecular weight is 417 g/mol. The Morgan fingerprint density at radius 3 is 2.68 bits per heavy atom. The first-order chi connectivity index (χ1) is 10.2. The summed E-state index contributed by atoms with van der Waals surface area (Å²) in [7, 11) is 3.55. The van der Waals surface area contributed by atoms with Crippen LogP contribution in [0.2, 0.25) is 0 Å². The number of carbonyl (C=O) groups is 1. The second kappa shape index (κ2) is 9.50. The summed E-state index contributed by atoms with van der Waals surface area (Å²) >= 11 is 0. The monoisotopic (exact) mass is 417 g/mol. The van der Waals surface area contributed by atoms with E-state index in [1.54, 1.807) is 7.05 Å². The zero-order valence-electron chi connectivity index (χ0n) is 13.1. The molecule has 3 N–H and O–H groups in total. The second-order valence-electron chi connectivity index (χ2n) is 5.00. The minimum atomic E-state index is -0.0105. The zero-order valence-corrected chi connectivity index (χ0v) is 15.4. The number of halogens is 1. The normalized spacial score (nSPS) is 14.3. The summed E-state index contributed by atoms with van der Waals surface area (Å²) in [5, 5.41) is 9.11. The Bertz CT molecular complexity index is 514. The molecule has 2 amide bonds. The highest BCUT2D eigenvalue weighted by molar-refractivity contribution is 14.0. The quantitative estimate of drug-likeness (QED) is 0.402. The molecule has 1 fully saturated rings. The van der Waals surface area contributed by atoms with E-state index in [0.29, 0.717) is 6.54 Å². The minimum Gasteiger partial charge on any atom is -0.359 e. The molecule has 0 bridgehead atoms. The first-order valence-electron chi connectivity index (χ1n) is 7.26.